The smallest absolute Gasteiger partial charge is 0.489 e. The third-order valence-electron chi connectivity index (χ3n) is 7.09. The molecular weight excluding hydrogens is 609 g/mol. The number of nitrogens with zero attached hydrogens (tertiary/aromatic N) is 2. The molecule has 0 spiro atoms. The van der Waals surface area contributed by atoms with Gasteiger partial charge in [-0.25, -0.2) is 10.3 Å². The predicted molar refractivity (Wildman–Crippen MR) is 161 cm³/mol. The molecule has 2 atom stereocenters. The maximum absolute atomic E-state index is 13.0. The summed E-state index contributed by atoms with van der Waals surface area (Å²) in [5.74, 6) is -3.92. The lowest BCUT2D eigenvalue weighted by molar-refractivity contribution is -0.192. The topological polar surface area (TPSA) is 158 Å². The molecule has 248 valence electrons. The van der Waals surface area contributed by atoms with E-state index < -0.39 is 30.0 Å². The van der Waals surface area contributed by atoms with Crippen molar-refractivity contribution in [1.82, 2.24) is 20.7 Å². The van der Waals surface area contributed by atoms with Crippen molar-refractivity contribution in [3.63, 3.8) is 0 Å². The zero-order chi connectivity index (χ0) is 34.2. The number of pyridine rings is 1. The van der Waals surface area contributed by atoms with Crippen LogP contribution < -0.4 is 15.5 Å². The average molecular weight is 647 g/mol. The summed E-state index contributed by atoms with van der Waals surface area (Å²) in [6.45, 7) is 8.80. The van der Waals surface area contributed by atoms with Crippen molar-refractivity contribution in [1.29, 1.82) is 0 Å². The first kappa shape index (κ1) is 35.8. The first-order valence-electron chi connectivity index (χ1n) is 14.4. The number of para-hydroxylation sites is 1. The van der Waals surface area contributed by atoms with E-state index in [0.717, 1.165) is 22.2 Å². The Labute approximate surface area is 263 Å². The summed E-state index contributed by atoms with van der Waals surface area (Å²) < 4.78 is 37.7. The molecule has 0 aliphatic carbocycles. The lowest BCUT2D eigenvalue weighted by Crippen LogP contribution is -2.56. The largest absolute Gasteiger partial charge is 0.490 e. The monoisotopic (exact) mass is 646 g/mol. The molecule has 11 nitrogen and oxygen atoms in total. The molecule has 0 bridgehead atoms. The van der Waals surface area contributed by atoms with Crippen LogP contribution >= 0.6 is 0 Å². The lowest BCUT2D eigenvalue weighted by atomic mass is 9.88. The number of ether oxygens (including phenoxy) is 1. The standard InChI is InChI=1S/C30H36N4O5.C2HF3O2/c1-19-15-21(23-7-5-6-8-25(23)31-19)18-39-22-11-9-20(10-12-22)28(36)32-26-13-14-34(17-24(26)29(37)33-38)27(35)16-30(2,3)4;3-2(4,5)1(6)7/h5-12,15,24,26,38H,13-14,16-18H2,1-4H3,(H,32,36)(H,33,37);(H,6,7). The zero-order valence-corrected chi connectivity index (χ0v) is 25.9. The molecule has 2 unspecified atom stereocenters. The first-order chi connectivity index (χ1) is 21.5. The summed E-state index contributed by atoms with van der Waals surface area (Å²) in [5.41, 5.74) is 4.78. The molecule has 1 aliphatic rings. The van der Waals surface area contributed by atoms with E-state index in [4.69, 9.17) is 14.6 Å². The van der Waals surface area contributed by atoms with Gasteiger partial charge in [0.2, 0.25) is 11.8 Å². The summed E-state index contributed by atoms with van der Waals surface area (Å²) in [6, 6.07) is 16.2. The molecule has 0 radical (unpaired) electrons. The number of likely N-dealkylation sites (tertiary alicyclic amines) is 1. The number of carboxylic acid groups (broad SMARTS) is 1. The summed E-state index contributed by atoms with van der Waals surface area (Å²) >= 11 is 0. The van der Waals surface area contributed by atoms with Gasteiger partial charge in [-0.15, -0.1) is 0 Å². The number of aromatic nitrogens is 1. The predicted octanol–water partition coefficient (Wildman–Crippen LogP) is 4.64. The summed E-state index contributed by atoms with van der Waals surface area (Å²) in [6.07, 6.45) is -4.33. The second-order valence-corrected chi connectivity index (χ2v) is 12.1. The number of hydrogen-bond acceptors (Lipinski definition) is 7. The SMILES string of the molecule is Cc1cc(COc2ccc(C(=O)NC3CCN(C(=O)CC(C)(C)C)CC3C(=O)NO)cc2)c2ccccc2n1.O=C(O)C(F)(F)F. The number of hydroxylamine groups is 1. The number of carbonyl (C=O) groups is 4. The Morgan fingerprint density at radius 1 is 1.04 bits per heavy atom. The maximum atomic E-state index is 13.0. The van der Waals surface area contributed by atoms with Crippen LogP contribution in [0.25, 0.3) is 10.9 Å². The van der Waals surface area contributed by atoms with Gasteiger partial charge in [0.1, 0.15) is 12.4 Å². The zero-order valence-electron chi connectivity index (χ0n) is 25.9. The molecule has 3 aromatic rings. The first-order valence-corrected chi connectivity index (χ1v) is 14.4. The van der Waals surface area contributed by atoms with Crippen molar-refractivity contribution in [3.05, 3.63) is 71.4 Å². The number of hydrogen-bond donors (Lipinski definition) is 4. The molecule has 1 aromatic heterocycles. The number of benzene rings is 2. The Balaban J connectivity index is 0.000000738. The van der Waals surface area contributed by atoms with Crippen LogP contribution in [0.15, 0.2) is 54.6 Å². The van der Waals surface area contributed by atoms with Gasteiger partial charge in [-0.1, -0.05) is 39.0 Å². The fourth-order valence-corrected chi connectivity index (χ4v) is 4.89. The second-order valence-electron chi connectivity index (χ2n) is 12.1. The van der Waals surface area contributed by atoms with E-state index in [2.05, 4.69) is 10.3 Å². The molecule has 0 saturated carbocycles. The summed E-state index contributed by atoms with van der Waals surface area (Å²) in [5, 5.41) is 20.3. The van der Waals surface area contributed by atoms with Gasteiger partial charge in [-0.3, -0.25) is 24.6 Å². The van der Waals surface area contributed by atoms with E-state index in [1.54, 1.807) is 34.6 Å². The minimum atomic E-state index is -5.08. The Bertz CT molecular complexity index is 1560. The Morgan fingerprint density at radius 3 is 2.26 bits per heavy atom. The van der Waals surface area contributed by atoms with Crippen molar-refractivity contribution in [2.75, 3.05) is 13.1 Å². The van der Waals surface area contributed by atoms with Crippen molar-refractivity contribution in [2.24, 2.45) is 11.3 Å². The number of piperidine rings is 1. The number of rotatable bonds is 7. The van der Waals surface area contributed by atoms with E-state index in [-0.39, 0.29) is 23.8 Å². The van der Waals surface area contributed by atoms with Crippen molar-refractivity contribution < 1.29 is 47.4 Å². The van der Waals surface area contributed by atoms with Gasteiger partial charge >= 0.3 is 12.1 Å². The molecule has 1 aliphatic heterocycles. The highest BCUT2D eigenvalue weighted by Crippen LogP contribution is 2.25. The van der Waals surface area contributed by atoms with Gasteiger partial charge in [0.15, 0.2) is 0 Å². The lowest BCUT2D eigenvalue weighted by Gasteiger charge is -2.38. The van der Waals surface area contributed by atoms with Gasteiger partial charge in [-0.2, -0.15) is 13.2 Å². The number of amides is 3. The second kappa shape index (κ2) is 15.0. The van der Waals surface area contributed by atoms with Crippen molar-refractivity contribution >= 4 is 34.6 Å². The van der Waals surface area contributed by atoms with Crippen LogP contribution in [0.2, 0.25) is 0 Å². The minimum absolute atomic E-state index is 0.0477. The van der Waals surface area contributed by atoms with Crippen LogP contribution in [-0.2, 0) is 21.0 Å². The van der Waals surface area contributed by atoms with Crippen LogP contribution in [0.3, 0.4) is 0 Å². The molecule has 4 N–H and O–H groups in total. The molecule has 1 saturated heterocycles. The third kappa shape index (κ3) is 10.2. The van der Waals surface area contributed by atoms with Crippen LogP contribution in [0.1, 0.15) is 55.2 Å². The molecule has 2 heterocycles. The number of aliphatic carboxylic acids is 1. The molecule has 46 heavy (non-hydrogen) atoms. The number of carboxylic acids is 1. The van der Waals surface area contributed by atoms with Gasteiger partial charge in [0, 0.05) is 47.8 Å². The number of carbonyl (C=O) groups excluding carboxylic acids is 3. The number of halogens is 3. The fourth-order valence-electron chi connectivity index (χ4n) is 4.89. The van der Waals surface area contributed by atoms with E-state index in [1.807, 2.05) is 58.0 Å². The number of nitrogens with one attached hydrogen (secondary N) is 2. The average Bonchev–Trinajstić information content (AvgIpc) is 2.98. The van der Waals surface area contributed by atoms with Gasteiger partial charge in [0.05, 0.1) is 11.4 Å². The van der Waals surface area contributed by atoms with E-state index in [1.165, 1.54) is 0 Å². The highest BCUT2D eigenvalue weighted by Gasteiger charge is 2.39. The fraction of sp³-hybridized carbons (Fsp3) is 0.406. The number of aryl methyl sites for hydroxylation is 1. The summed E-state index contributed by atoms with van der Waals surface area (Å²) in [7, 11) is 0. The van der Waals surface area contributed by atoms with Crippen LogP contribution in [-0.4, -0.2) is 69.2 Å². The molecule has 14 heteroatoms. The third-order valence-corrected chi connectivity index (χ3v) is 7.09. The van der Waals surface area contributed by atoms with Crippen LogP contribution in [0, 0.1) is 18.3 Å². The molecule has 2 aromatic carbocycles. The Morgan fingerprint density at radius 2 is 1.67 bits per heavy atom. The van der Waals surface area contributed by atoms with Crippen LogP contribution in [0.5, 0.6) is 5.75 Å². The molecule has 3 amide bonds. The maximum Gasteiger partial charge on any atom is 0.490 e. The number of fused-ring (bicyclic) bond motifs is 1. The molecule has 1 fully saturated rings. The number of alkyl halides is 3. The van der Waals surface area contributed by atoms with E-state index >= 15 is 0 Å². The van der Waals surface area contributed by atoms with Crippen LogP contribution in [0.4, 0.5) is 13.2 Å². The Kier molecular flexibility index (Phi) is 11.7. The van der Waals surface area contributed by atoms with Gasteiger partial charge in [-0.05, 0) is 55.2 Å². The minimum Gasteiger partial charge on any atom is -0.489 e. The highest BCUT2D eigenvalue weighted by atomic mass is 19.4. The van der Waals surface area contributed by atoms with E-state index in [0.29, 0.717) is 37.3 Å². The molecule has 4 rings (SSSR count). The Hall–Kier alpha value is -4.72. The molecular formula is C32H37F3N4O7. The van der Waals surface area contributed by atoms with Gasteiger partial charge in [0.25, 0.3) is 5.91 Å². The van der Waals surface area contributed by atoms with Crippen molar-refractivity contribution in [3.8, 4) is 5.75 Å². The van der Waals surface area contributed by atoms with E-state index in [9.17, 15) is 32.8 Å². The van der Waals surface area contributed by atoms with Gasteiger partial charge < -0.3 is 20.1 Å². The highest BCUT2D eigenvalue weighted by molar-refractivity contribution is 5.95. The summed E-state index contributed by atoms with van der Waals surface area (Å²) in [4.78, 5) is 53.2. The normalized spacial score (nSPS) is 16.6. The quantitative estimate of drug-likeness (QED) is 0.214. The van der Waals surface area contributed by atoms with Crippen molar-refractivity contribution in [2.45, 2.75) is 59.4 Å².